The van der Waals surface area contributed by atoms with Crippen molar-refractivity contribution in [3.63, 3.8) is 0 Å². The number of nitrogens with two attached hydrogens (primary N) is 1. The van der Waals surface area contributed by atoms with Gasteiger partial charge in [-0.3, -0.25) is 10.6 Å². The van der Waals surface area contributed by atoms with Crippen LogP contribution in [0.25, 0.3) is 0 Å². The van der Waals surface area contributed by atoms with Crippen LogP contribution in [0.5, 0.6) is 0 Å². The van der Waals surface area contributed by atoms with E-state index in [-0.39, 0.29) is 5.91 Å². The van der Waals surface area contributed by atoms with Gasteiger partial charge in [-0.15, -0.1) is 0 Å². The molecule has 4 nitrogen and oxygen atoms in total. The molecule has 0 radical (unpaired) electrons. The topological polar surface area (TPSA) is 67.2 Å². The fraction of sp³-hybridized carbons (Fsp3) is 0.133. The first-order valence-corrected chi connectivity index (χ1v) is 7.09. The zero-order valence-electron chi connectivity index (χ0n) is 11.1. The molecule has 0 saturated carbocycles. The number of amides is 1. The molecule has 4 N–H and O–H groups in total. The second-order valence-corrected chi connectivity index (χ2v) is 5.25. The van der Waals surface area contributed by atoms with Crippen LogP contribution in [-0.2, 0) is 6.42 Å². The number of hydrogen-bond acceptors (Lipinski definition) is 3. The van der Waals surface area contributed by atoms with E-state index in [0.717, 1.165) is 27.8 Å². The average Bonchev–Trinajstić information content (AvgIpc) is 2.49. The van der Waals surface area contributed by atoms with Gasteiger partial charge in [-0.2, -0.15) is 0 Å². The first-order valence-electron chi connectivity index (χ1n) is 6.30. The quantitative estimate of drug-likeness (QED) is 0.592. The summed E-state index contributed by atoms with van der Waals surface area (Å²) in [5, 5.41) is 2.93. The number of hydrazine groups is 1. The van der Waals surface area contributed by atoms with Gasteiger partial charge in [0.2, 0.25) is 0 Å². The van der Waals surface area contributed by atoms with Gasteiger partial charge >= 0.3 is 0 Å². The summed E-state index contributed by atoms with van der Waals surface area (Å²) < 4.78 is 1.01. The lowest BCUT2D eigenvalue weighted by Gasteiger charge is -2.10. The van der Waals surface area contributed by atoms with Crippen molar-refractivity contribution < 1.29 is 4.79 Å². The number of hydrogen-bond donors (Lipinski definition) is 3. The van der Waals surface area contributed by atoms with Crippen LogP contribution in [0.2, 0.25) is 0 Å². The number of nitrogen functional groups attached to an aromatic ring is 1. The number of benzene rings is 2. The highest BCUT2D eigenvalue weighted by atomic mass is 79.9. The van der Waals surface area contributed by atoms with Crippen LogP contribution in [0.4, 0.5) is 11.4 Å². The molecule has 0 saturated heterocycles. The summed E-state index contributed by atoms with van der Waals surface area (Å²) in [5.74, 6) is 5.16. The van der Waals surface area contributed by atoms with Crippen LogP contribution >= 0.6 is 15.9 Å². The predicted octanol–water partition coefficient (Wildman–Crippen LogP) is 3.55. The highest BCUT2D eigenvalue weighted by Gasteiger charge is 2.08. The zero-order chi connectivity index (χ0) is 14.5. The lowest BCUT2D eigenvalue weighted by molar-refractivity contribution is 0.102. The lowest BCUT2D eigenvalue weighted by atomic mass is 10.1. The van der Waals surface area contributed by atoms with Crippen LogP contribution < -0.4 is 16.6 Å². The van der Waals surface area contributed by atoms with Crippen molar-refractivity contribution in [1.29, 1.82) is 0 Å². The highest BCUT2D eigenvalue weighted by Crippen LogP contribution is 2.22. The van der Waals surface area contributed by atoms with Gasteiger partial charge in [0.25, 0.3) is 5.91 Å². The first kappa shape index (κ1) is 14.6. The van der Waals surface area contributed by atoms with E-state index in [1.165, 1.54) is 0 Å². The molecule has 0 fully saturated rings. The zero-order valence-corrected chi connectivity index (χ0v) is 12.7. The van der Waals surface area contributed by atoms with Crippen molar-refractivity contribution in [2.75, 3.05) is 10.7 Å². The largest absolute Gasteiger partial charge is 0.324 e. The van der Waals surface area contributed by atoms with Gasteiger partial charge in [0.15, 0.2) is 0 Å². The molecule has 5 heteroatoms. The Morgan fingerprint density at radius 2 is 1.90 bits per heavy atom. The maximum atomic E-state index is 12.2. The smallest absolute Gasteiger partial charge is 0.255 e. The maximum Gasteiger partial charge on any atom is 0.255 e. The van der Waals surface area contributed by atoms with Crippen LogP contribution in [0.3, 0.4) is 0 Å². The number of rotatable bonds is 4. The molecule has 104 valence electrons. The summed E-state index contributed by atoms with van der Waals surface area (Å²) >= 11 is 3.43. The molecular weight excluding hydrogens is 318 g/mol. The van der Waals surface area contributed by atoms with E-state index in [2.05, 4.69) is 33.6 Å². The Morgan fingerprint density at radius 3 is 2.50 bits per heavy atom. The van der Waals surface area contributed by atoms with Crippen LogP contribution in [0, 0.1) is 0 Å². The summed E-state index contributed by atoms with van der Waals surface area (Å²) in [6.07, 6.45) is 0.852. The average molecular weight is 334 g/mol. The molecule has 0 aliphatic heterocycles. The van der Waals surface area contributed by atoms with E-state index >= 15 is 0 Å². The normalized spacial score (nSPS) is 10.2. The SMILES string of the molecule is CCc1cc(Br)ccc1NC(=O)c1ccc(NN)cc1. The van der Waals surface area contributed by atoms with Crippen molar-refractivity contribution >= 4 is 33.2 Å². The van der Waals surface area contributed by atoms with Crippen molar-refractivity contribution in [3.05, 3.63) is 58.1 Å². The summed E-state index contributed by atoms with van der Waals surface area (Å²) in [5.41, 5.74) is 5.81. The Morgan fingerprint density at radius 1 is 1.20 bits per heavy atom. The van der Waals surface area contributed by atoms with E-state index in [1.54, 1.807) is 24.3 Å². The van der Waals surface area contributed by atoms with Crippen molar-refractivity contribution in [2.24, 2.45) is 5.84 Å². The maximum absolute atomic E-state index is 12.2. The second-order valence-electron chi connectivity index (χ2n) is 4.33. The van der Waals surface area contributed by atoms with Gasteiger partial charge in [-0.25, -0.2) is 0 Å². The fourth-order valence-corrected chi connectivity index (χ4v) is 2.30. The number of nitrogens with one attached hydrogen (secondary N) is 2. The minimum absolute atomic E-state index is 0.134. The van der Waals surface area contributed by atoms with E-state index in [9.17, 15) is 4.79 Å². The third-order valence-electron chi connectivity index (χ3n) is 3.01. The Kier molecular flexibility index (Phi) is 4.76. The molecule has 0 unspecified atom stereocenters. The monoisotopic (exact) mass is 333 g/mol. The fourth-order valence-electron chi connectivity index (χ4n) is 1.89. The van der Waals surface area contributed by atoms with Crippen LogP contribution in [-0.4, -0.2) is 5.91 Å². The Hall–Kier alpha value is -1.85. The highest BCUT2D eigenvalue weighted by molar-refractivity contribution is 9.10. The molecular formula is C15H16BrN3O. The van der Waals surface area contributed by atoms with Gasteiger partial charge in [-0.1, -0.05) is 22.9 Å². The minimum Gasteiger partial charge on any atom is -0.324 e. The summed E-state index contributed by atoms with van der Waals surface area (Å²) in [7, 11) is 0. The van der Waals surface area contributed by atoms with Gasteiger partial charge in [0.05, 0.1) is 0 Å². The van der Waals surface area contributed by atoms with Crippen LogP contribution in [0.15, 0.2) is 46.9 Å². The number of anilines is 2. The first-order chi connectivity index (χ1) is 9.63. The molecule has 0 heterocycles. The number of aryl methyl sites for hydroxylation is 1. The molecule has 2 rings (SSSR count). The van der Waals surface area contributed by atoms with Gasteiger partial charge in [0, 0.05) is 21.4 Å². The molecule has 20 heavy (non-hydrogen) atoms. The van der Waals surface area contributed by atoms with Gasteiger partial charge in [0.1, 0.15) is 0 Å². The molecule has 2 aromatic rings. The van der Waals surface area contributed by atoms with Gasteiger partial charge in [-0.05, 0) is 54.4 Å². The predicted molar refractivity (Wildman–Crippen MR) is 85.7 cm³/mol. The third-order valence-corrected chi connectivity index (χ3v) is 3.50. The summed E-state index contributed by atoms with van der Waals surface area (Å²) in [6.45, 7) is 2.05. The van der Waals surface area contributed by atoms with Crippen LogP contribution in [0.1, 0.15) is 22.8 Å². The molecule has 1 amide bonds. The summed E-state index contributed by atoms with van der Waals surface area (Å²) in [4.78, 5) is 12.2. The van der Waals surface area contributed by atoms with E-state index in [1.807, 2.05) is 18.2 Å². The third kappa shape index (κ3) is 3.37. The van der Waals surface area contributed by atoms with Crippen molar-refractivity contribution in [2.45, 2.75) is 13.3 Å². The van der Waals surface area contributed by atoms with E-state index in [0.29, 0.717) is 5.56 Å². The minimum atomic E-state index is -0.134. The Balaban J connectivity index is 2.18. The number of halogens is 1. The molecule has 0 atom stereocenters. The standard InChI is InChI=1S/C15H16BrN3O/c1-2-10-9-12(16)5-8-14(10)18-15(20)11-3-6-13(19-17)7-4-11/h3-9,19H,2,17H2,1H3,(H,18,20). The number of carbonyl (C=O) groups is 1. The summed E-state index contributed by atoms with van der Waals surface area (Å²) in [6, 6.07) is 12.8. The van der Waals surface area contributed by atoms with E-state index in [4.69, 9.17) is 5.84 Å². The van der Waals surface area contributed by atoms with Crippen molar-refractivity contribution in [1.82, 2.24) is 0 Å². The molecule has 0 aliphatic rings. The molecule has 0 aromatic heterocycles. The van der Waals surface area contributed by atoms with Gasteiger partial charge < -0.3 is 10.7 Å². The molecule has 0 spiro atoms. The molecule has 0 bridgehead atoms. The Bertz CT molecular complexity index is 611. The molecule has 0 aliphatic carbocycles. The number of carbonyl (C=O) groups excluding carboxylic acids is 1. The molecule has 2 aromatic carbocycles. The lowest BCUT2D eigenvalue weighted by Crippen LogP contribution is -2.13. The van der Waals surface area contributed by atoms with Crippen molar-refractivity contribution in [3.8, 4) is 0 Å². The van der Waals surface area contributed by atoms with E-state index < -0.39 is 0 Å². The Labute approximate surface area is 126 Å². The second kappa shape index (κ2) is 6.54.